The van der Waals surface area contributed by atoms with Gasteiger partial charge in [-0.2, -0.15) is 0 Å². The lowest BCUT2D eigenvalue weighted by Gasteiger charge is -2.17. The highest BCUT2D eigenvalue weighted by Gasteiger charge is 2.43. The number of nitrogens with one attached hydrogen (secondary N) is 2. The number of hydrogen-bond acceptors (Lipinski definition) is 7. The molecule has 0 aliphatic carbocycles. The van der Waals surface area contributed by atoms with E-state index in [1.165, 1.54) is 35.2 Å². The van der Waals surface area contributed by atoms with Crippen LogP contribution in [0.1, 0.15) is 6.92 Å². The van der Waals surface area contributed by atoms with Crippen LogP contribution in [-0.2, 0) is 19.1 Å². The van der Waals surface area contributed by atoms with Gasteiger partial charge in [-0.05, 0) is 37.3 Å². The Kier molecular flexibility index (Phi) is 8.49. The topological polar surface area (TPSA) is 123 Å². The van der Waals surface area contributed by atoms with Crippen molar-refractivity contribution in [2.75, 3.05) is 36.9 Å². The van der Waals surface area contributed by atoms with E-state index in [4.69, 9.17) is 16.3 Å². The summed E-state index contributed by atoms with van der Waals surface area (Å²) in [6, 6.07) is 11.7. The average molecular weight is 542 g/mol. The van der Waals surface area contributed by atoms with E-state index in [-0.39, 0.29) is 43.4 Å². The third kappa shape index (κ3) is 6.42. The number of anilines is 2. The Morgan fingerprint density at radius 1 is 1.11 bits per heavy atom. The van der Waals surface area contributed by atoms with Gasteiger partial charge in [0.2, 0.25) is 11.8 Å². The highest BCUT2D eigenvalue weighted by atomic mass is 35.5. The summed E-state index contributed by atoms with van der Waals surface area (Å²) in [4.78, 5) is 56.0. The number of hydrogen-bond donors (Lipinski definition) is 2. The predicted octanol–water partition coefficient (Wildman–Crippen LogP) is 2.71. The summed E-state index contributed by atoms with van der Waals surface area (Å²) in [7, 11) is 0. The van der Waals surface area contributed by atoms with Crippen LogP contribution < -0.4 is 16.2 Å². The van der Waals surface area contributed by atoms with Crippen molar-refractivity contribution in [3.05, 3.63) is 82.1 Å². The van der Waals surface area contributed by atoms with Crippen LogP contribution in [0.4, 0.5) is 15.9 Å². The number of ether oxygens (including phenoxy) is 1. The molecule has 4 rings (SSSR count). The molecule has 1 aromatic carbocycles. The first-order chi connectivity index (χ1) is 18.2. The third-order valence-electron chi connectivity index (χ3n) is 5.99. The Balaban J connectivity index is 1.45. The Labute approximate surface area is 222 Å². The molecule has 3 aromatic rings. The fourth-order valence-electron chi connectivity index (χ4n) is 4.22. The van der Waals surface area contributed by atoms with Crippen LogP contribution >= 0.6 is 11.6 Å². The first-order valence-electron chi connectivity index (χ1n) is 11.8. The van der Waals surface area contributed by atoms with Crippen molar-refractivity contribution in [3.8, 4) is 5.69 Å². The van der Waals surface area contributed by atoms with Gasteiger partial charge >= 0.3 is 5.97 Å². The molecule has 12 heteroatoms. The quantitative estimate of drug-likeness (QED) is 0.420. The maximum Gasteiger partial charge on any atom is 0.311 e. The molecule has 2 N–H and O–H groups in total. The molecule has 2 amide bonds. The van der Waals surface area contributed by atoms with E-state index in [9.17, 15) is 23.6 Å². The van der Waals surface area contributed by atoms with Gasteiger partial charge in [0.1, 0.15) is 11.6 Å². The van der Waals surface area contributed by atoms with Crippen molar-refractivity contribution in [3.63, 3.8) is 0 Å². The van der Waals surface area contributed by atoms with Gasteiger partial charge in [0, 0.05) is 37.6 Å². The summed E-state index contributed by atoms with van der Waals surface area (Å²) in [5.41, 5.74) is -0.137. The van der Waals surface area contributed by atoms with Gasteiger partial charge in [-0.15, -0.1) is 0 Å². The number of aromatic nitrogens is 2. The third-order valence-corrected chi connectivity index (χ3v) is 6.22. The van der Waals surface area contributed by atoms with Gasteiger partial charge in [-0.3, -0.25) is 28.6 Å². The number of benzene rings is 1. The molecular formula is C26H25ClFN5O5. The lowest BCUT2D eigenvalue weighted by molar-refractivity contribution is -0.150. The summed E-state index contributed by atoms with van der Waals surface area (Å²) < 4.78 is 21.3. The summed E-state index contributed by atoms with van der Waals surface area (Å²) in [5.74, 6) is -3.71. The van der Waals surface area contributed by atoms with Crippen LogP contribution in [0.15, 0.2) is 65.7 Å². The fourth-order valence-corrected chi connectivity index (χ4v) is 4.34. The minimum Gasteiger partial charge on any atom is -0.466 e. The Morgan fingerprint density at radius 3 is 2.58 bits per heavy atom. The number of carbonyl (C=O) groups is 3. The average Bonchev–Trinajstić information content (AvgIpc) is 3.31. The smallest absolute Gasteiger partial charge is 0.311 e. The van der Waals surface area contributed by atoms with Crippen LogP contribution in [0.2, 0.25) is 5.02 Å². The van der Waals surface area contributed by atoms with Gasteiger partial charge in [0.15, 0.2) is 0 Å². The SMILES string of the molecule is CCOC(=O)C1CN(CC(=O)Nc2ccc(Cl)cn2)CC1C(=O)Nc1ccc(-n2ccccc2=O)cc1F. The van der Waals surface area contributed by atoms with Crippen LogP contribution in [-0.4, -0.2) is 58.5 Å². The number of pyridine rings is 2. The number of likely N-dealkylation sites (tertiary alicyclic amines) is 1. The van der Waals surface area contributed by atoms with Gasteiger partial charge in [0.05, 0.1) is 41.4 Å². The Hall–Kier alpha value is -4.09. The Morgan fingerprint density at radius 2 is 1.89 bits per heavy atom. The summed E-state index contributed by atoms with van der Waals surface area (Å²) >= 11 is 5.81. The van der Waals surface area contributed by atoms with E-state index in [0.29, 0.717) is 16.5 Å². The van der Waals surface area contributed by atoms with Crippen LogP contribution in [0.3, 0.4) is 0 Å². The molecule has 0 saturated carbocycles. The second kappa shape index (κ2) is 12.0. The zero-order valence-corrected chi connectivity index (χ0v) is 21.2. The number of carbonyl (C=O) groups excluding carboxylic acids is 3. The molecule has 198 valence electrons. The van der Waals surface area contributed by atoms with Crippen molar-refractivity contribution in [2.24, 2.45) is 11.8 Å². The van der Waals surface area contributed by atoms with E-state index in [1.807, 2.05) is 0 Å². The van der Waals surface area contributed by atoms with Crippen molar-refractivity contribution < 1.29 is 23.5 Å². The maximum atomic E-state index is 14.9. The second-order valence-electron chi connectivity index (χ2n) is 8.63. The van der Waals surface area contributed by atoms with Gasteiger partial charge < -0.3 is 15.4 Å². The summed E-state index contributed by atoms with van der Waals surface area (Å²) in [5, 5.41) is 5.60. The van der Waals surface area contributed by atoms with Crippen LogP contribution in [0, 0.1) is 17.7 Å². The standard InChI is InChI=1S/C26H25ClFN5O5/c1-2-38-26(37)19-14-32(15-23(34)31-22-9-6-16(27)12-29-22)13-18(19)25(36)30-21-8-7-17(11-20(21)28)33-10-4-3-5-24(33)35/h3-12,18-19H,2,13-15H2,1H3,(H,30,36)(H,29,31,34). The van der Waals surface area contributed by atoms with E-state index in [2.05, 4.69) is 15.6 Å². The van der Waals surface area contributed by atoms with Gasteiger partial charge in [-0.1, -0.05) is 17.7 Å². The normalized spacial score (nSPS) is 17.1. The molecule has 2 aromatic heterocycles. The van der Waals surface area contributed by atoms with Crippen molar-refractivity contribution in [2.45, 2.75) is 6.92 Å². The zero-order chi connectivity index (χ0) is 27.2. The molecule has 1 aliphatic heterocycles. The summed E-state index contributed by atoms with van der Waals surface area (Å²) in [6.45, 7) is 1.87. The first-order valence-corrected chi connectivity index (χ1v) is 12.2. The van der Waals surface area contributed by atoms with Crippen LogP contribution in [0.5, 0.6) is 0 Å². The lowest BCUT2D eigenvalue weighted by atomic mass is 9.95. The summed E-state index contributed by atoms with van der Waals surface area (Å²) in [6.07, 6.45) is 2.90. The molecular weight excluding hydrogens is 517 g/mol. The Bertz CT molecular complexity index is 1400. The van der Waals surface area contributed by atoms with Gasteiger partial charge in [0.25, 0.3) is 5.56 Å². The minimum atomic E-state index is -0.883. The number of amides is 2. The molecule has 0 bridgehead atoms. The number of rotatable bonds is 8. The van der Waals surface area contributed by atoms with Crippen molar-refractivity contribution in [1.29, 1.82) is 0 Å². The van der Waals surface area contributed by atoms with E-state index >= 15 is 0 Å². The molecule has 2 atom stereocenters. The molecule has 1 fully saturated rings. The molecule has 3 heterocycles. The molecule has 1 aliphatic rings. The zero-order valence-electron chi connectivity index (χ0n) is 20.4. The molecule has 38 heavy (non-hydrogen) atoms. The largest absolute Gasteiger partial charge is 0.466 e. The fraction of sp³-hybridized carbons (Fsp3) is 0.269. The maximum absolute atomic E-state index is 14.9. The van der Waals surface area contributed by atoms with E-state index in [1.54, 1.807) is 36.1 Å². The molecule has 0 spiro atoms. The highest BCUT2D eigenvalue weighted by molar-refractivity contribution is 6.30. The van der Waals surface area contributed by atoms with Crippen LogP contribution in [0.25, 0.3) is 5.69 Å². The first kappa shape index (κ1) is 27.0. The molecule has 2 unspecified atom stereocenters. The number of halogens is 2. The van der Waals surface area contributed by atoms with E-state index in [0.717, 1.165) is 6.07 Å². The predicted molar refractivity (Wildman–Crippen MR) is 139 cm³/mol. The second-order valence-corrected chi connectivity index (χ2v) is 9.07. The van der Waals surface area contributed by atoms with Crippen molar-refractivity contribution in [1.82, 2.24) is 14.5 Å². The van der Waals surface area contributed by atoms with Crippen molar-refractivity contribution >= 4 is 40.9 Å². The highest BCUT2D eigenvalue weighted by Crippen LogP contribution is 2.27. The van der Waals surface area contributed by atoms with Gasteiger partial charge in [-0.25, -0.2) is 9.37 Å². The monoisotopic (exact) mass is 541 g/mol. The lowest BCUT2D eigenvalue weighted by Crippen LogP contribution is -2.34. The number of nitrogens with zero attached hydrogens (tertiary/aromatic N) is 3. The number of esters is 1. The molecule has 1 saturated heterocycles. The van der Waals surface area contributed by atoms with E-state index < -0.39 is 29.5 Å². The minimum absolute atomic E-state index is 0.0793. The molecule has 10 nitrogen and oxygen atoms in total. The molecule has 0 radical (unpaired) electrons.